The van der Waals surface area contributed by atoms with Crippen molar-refractivity contribution in [2.45, 2.75) is 43.4 Å². The van der Waals surface area contributed by atoms with Gasteiger partial charge in [0.05, 0.1) is 5.69 Å². The van der Waals surface area contributed by atoms with Crippen molar-refractivity contribution in [3.05, 3.63) is 53.1 Å². The van der Waals surface area contributed by atoms with E-state index in [0.29, 0.717) is 43.9 Å². The average Bonchev–Trinajstić information content (AvgIpc) is 3.36. The number of fused-ring (bicyclic) bond motifs is 2. The minimum absolute atomic E-state index is 0.0806. The van der Waals surface area contributed by atoms with Gasteiger partial charge in [0.15, 0.2) is 11.0 Å². The van der Waals surface area contributed by atoms with Crippen molar-refractivity contribution in [3.8, 4) is 0 Å². The number of carbonyl (C=O) groups is 1. The summed E-state index contributed by atoms with van der Waals surface area (Å²) in [5.41, 5.74) is 1.80. The summed E-state index contributed by atoms with van der Waals surface area (Å²) in [7, 11) is -3.64. The maximum absolute atomic E-state index is 13.4. The number of sulfonamides is 1. The Hall–Kier alpha value is -2.52. The van der Waals surface area contributed by atoms with Crippen molar-refractivity contribution >= 4 is 38.2 Å². The monoisotopic (exact) mass is 470 g/mol. The molecule has 3 heterocycles. The fourth-order valence-corrected chi connectivity index (χ4v) is 7.11. The average molecular weight is 471 g/mol. The molecular formula is C23H26N4O3S2. The van der Waals surface area contributed by atoms with Crippen LogP contribution in [0, 0.1) is 5.92 Å². The Morgan fingerprint density at radius 3 is 2.72 bits per heavy atom. The van der Waals surface area contributed by atoms with Crippen molar-refractivity contribution in [3.63, 3.8) is 0 Å². The van der Waals surface area contributed by atoms with Crippen LogP contribution in [0.15, 0.2) is 46.2 Å². The maximum Gasteiger partial charge on any atom is 0.285 e. The molecule has 1 amide bonds. The van der Waals surface area contributed by atoms with E-state index < -0.39 is 10.0 Å². The molecule has 1 aliphatic carbocycles. The van der Waals surface area contributed by atoms with Crippen LogP contribution in [0.2, 0.25) is 0 Å². The first-order valence-electron chi connectivity index (χ1n) is 11.1. The third-order valence-electron chi connectivity index (χ3n) is 6.40. The highest BCUT2D eigenvalue weighted by atomic mass is 32.2. The number of nitrogens with zero attached hydrogens (tertiary/aromatic N) is 4. The number of piperidine rings is 1. The smallest absolute Gasteiger partial charge is 0.285 e. The zero-order chi connectivity index (χ0) is 22.3. The van der Waals surface area contributed by atoms with E-state index in [1.807, 2.05) is 11.0 Å². The summed E-state index contributed by atoms with van der Waals surface area (Å²) in [5.74, 6) is 0.458. The molecule has 0 N–H and O–H groups in total. The number of benzene rings is 1. The highest BCUT2D eigenvalue weighted by Crippen LogP contribution is 2.34. The molecule has 0 unspecified atom stereocenters. The summed E-state index contributed by atoms with van der Waals surface area (Å²) < 4.78 is 28.8. The van der Waals surface area contributed by atoms with Gasteiger partial charge >= 0.3 is 0 Å². The Kier molecular flexibility index (Phi) is 5.63. The summed E-state index contributed by atoms with van der Waals surface area (Å²) in [6.07, 6.45) is 7.44. The third kappa shape index (κ3) is 3.77. The van der Waals surface area contributed by atoms with Crippen LogP contribution in [-0.4, -0.2) is 49.7 Å². The lowest BCUT2D eigenvalue weighted by molar-refractivity contribution is -0.123. The van der Waals surface area contributed by atoms with E-state index in [0.717, 1.165) is 30.1 Å². The number of thiazole rings is 1. The third-order valence-corrected chi connectivity index (χ3v) is 8.90. The topological polar surface area (TPSA) is 82.9 Å². The molecule has 0 radical (unpaired) electrons. The molecule has 2 aromatic rings. The molecule has 0 saturated carbocycles. The number of aromatic nitrogens is 1. The van der Waals surface area contributed by atoms with Crippen LogP contribution >= 0.6 is 11.3 Å². The molecular weight excluding hydrogens is 444 g/mol. The van der Waals surface area contributed by atoms with Gasteiger partial charge in [0, 0.05) is 36.0 Å². The highest BCUT2D eigenvalue weighted by molar-refractivity contribution is 7.90. The zero-order valence-corrected chi connectivity index (χ0v) is 19.5. The Balaban J connectivity index is 1.31. The predicted octanol–water partition coefficient (Wildman–Crippen LogP) is 3.40. The van der Waals surface area contributed by atoms with Gasteiger partial charge in [0.1, 0.15) is 4.90 Å². The maximum atomic E-state index is 13.4. The number of hydrogen-bond donors (Lipinski definition) is 0. The van der Waals surface area contributed by atoms with E-state index >= 15 is 0 Å². The summed E-state index contributed by atoms with van der Waals surface area (Å²) in [6.45, 7) is 5.47. The lowest BCUT2D eigenvalue weighted by Gasteiger charge is -2.34. The standard InChI is InChI=1S/C23H26N4O3S2/c1-2-13-27(23-24-18-8-4-5-9-19(18)31-23)22(28)16-11-14-26(15-12-16)21-17-7-3-6-10-20(17)32(29,30)25-21/h2-3,6-7,10,16H,1,4-5,8-9,11-15H2. The van der Waals surface area contributed by atoms with Crippen molar-refractivity contribution in [2.75, 3.05) is 24.5 Å². The summed E-state index contributed by atoms with van der Waals surface area (Å²) >= 11 is 1.64. The number of hydrogen-bond acceptors (Lipinski definition) is 6. The number of rotatable bonds is 4. The Labute approximate surface area is 192 Å². The van der Waals surface area contributed by atoms with Crippen molar-refractivity contribution < 1.29 is 13.2 Å². The second kappa shape index (κ2) is 8.44. The number of likely N-dealkylation sites (tertiary alicyclic amines) is 1. The second-order valence-electron chi connectivity index (χ2n) is 8.46. The zero-order valence-electron chi connectivity index (χ0n) is 17.9. The van der Waals surface area contributed by atoms with E-state index in [1.54, 1.807) is 40.5 Å². The van der Waals surface area contributed by atoms with E-state index in [2.05, 4.69) is 11.0 Å². The molecule has 0 bridgehead atoms. The van der Waals surface area contributed by atoms with Crippen LogP contribution in [0.1, 0.15) is 41.8 Å². The number of carbonyl (C=O) groups excluding carboxylic acids is 1. The number of aryl methyl sites for hydroxylation is 2. The van der Waals surface area contributed by atoms with Crippen LogP contribution in [0.25, 0.3) is 0 Å². The van der Waals surface area contributed by atoms with Gasteiger partial charge < -0.3 is 4.90 Å². The van der Waals surface area contributed by atoms with Gasteiger partial charge in [-0.05, 0) is 50.7 Å². The first-order chi connectivity index (χ1) is 15.5. The fourth-order valence-electron chi connectivity index (χ4n) is 4.72. The first-order valence-corrected chi connectivity index (χ1v) is 13.3. The summed E-state index contributed by atoms with van der Waals surface area (Å²) in [4.78, 5) is 23.6. The van der Waals surface area contributed by atoms with Crippen LogP contribution in [-0.2, 0) is 27.7 Å². The van der Waals surface area contributed by atoms with Gasteiger partial charge in [-0.15, -0.1) is 22.3 Å². The van der Waals surface area contributed by atoms with Gasteiger partial charge in [-0.2, -0.15) is 8.42 Å². The van der Waals surface area contributed by atoms with Crippen LogP contribution in [0.3, 0.4) is 0 Å². The summed E-state index contributed by atoms with van der Waals surface area (Å²) in [6, 6.07) is 6.93. The van der Waals surface area contributed by atoms with Gasteiger partial charge in [-0.3, -0.25) is 9.69 Å². The number of anilines is 1. The normalized spacial score (nSPS) is 19.8. The highest BCUT2D eigenvalue weighted by Gasteiger charge is 2.36. The molecule has 1 fully saturated rings. The van der Waals surface area contributed by atoms with E-state index in [-0.39, 0.29) is 16.7 Å². The Bertz CT molecular complexity index is 1170. The van der Waals surface area contributed by atoms with E-state index in [1.165, 1.54) is 11.3 Å². The molecule has 9 heteroatoms. The lowest BCUT2D eigenvalue weighted by atomic mass is 9.94. The minimum Gasteiger partial charge on any atom is -0.355 e. The van der Waals surface area contributed by atoms with Gasteiger partial charge in [0.25, 0.3) is 10.0 Å². The molecule has 32 heavy (non-hydrogen) atoms. The fraction of sp³-hybridized carbons (Fsp3) is 0.435. The Morgan fingerprint density at radius 1 is 1.22 bits per heavy atom. The van der Waals surface area contributed by atoms with Gasteiger partial charge in [0.2, 0.25) is 5.91 Å². The quantitative estimate of drug-likeness (QED) is 0.640. The van der Waals surface area contributed by atoms with Crippen LogP contribution < -0.4 is 4.90 Å². The summed E-state index contributed by atoms with van der Waals surface area (Å²) in [5, 5.41) is 0.782. The largest absolute Gasteiger partial charge is 0.355 e. The van der Waals surface area contributed by atoms with E-state index in [4.69, 9.17) is 4.98 Å². The van der Waals surface area contributed by atoms with Crippen molar-refractivity contribution in [1.82, 2.24) is 9.88 Å². The second-order valence-corrected chi connectivity index (χ2v) is 11.1. The molecule has 5 rings (SSSR count). The molecule has 1 saturated heterocycles. The van der Waals surface area contributed by atoms with Gasteiger partial charge in [-0.25, -0.2) is 4.98 Å². The minimum atomic E-state index is -3.64. The SMILES string of the molecule is C=CCN(C(=O)C1CCN(C2=NS(=O)(=O)c3ccccc32)CC1)c1nc2c(s1)CCCC2. The molecule has 3 aliphatic rings. The van der Waals surface area contributed by atoms with Crippen molar-refractivity contribution in [1.29, 1.82) is 0 Å². The molecule has 7 nitrogen and oxygen atoms in total. The molecule has 0 atom stereocenters. The molecule has 1 aromatic carbocycles. The predicted molar refractivity (Wildman–Crippen MR) is 126 cm³/mol. The van der Waals surface area contributed by atoms with Gasteiger partial charge in [-0.1, -0.05) is 18.2 Å². The number of amides is 1. The lowest BCUT2D eigenvalue weighted by Crippen LogP contribution is -2.44. The Morgan fingerprint density at radius 2 is 1.97 bits per heavy atom. The molecule has 2 aliphatic heterocycles. The van der Waals surface area contributed by atoms with Crippen LogP contribution in [0.5, 0.6) is 0 Å². The number of amidine groups is 1. The molecule has 1 aromatic heterocycles. The van der Waals surface area contributed by atoms with Crippen molar-refractivity contribution in [2.24, 2.45) is 10.3 Å². The first kappa shape index (κ1) is 21.3. The molecule has 168 valence electrons. The van der Waals surface area contributed by atoms with E-state index in [9.17, 15) is 13.2 Å². The molecule has 0 spiro atoms. The van der Waals surface area contributed by atoms with Crippen LogP contribution in [0.4, 0.5) is 5.13 Å².